The van der Waals surface area contributed by atoms with Crippen LogP contribution in [0.2, 0.25) is 0 Å². The summed E-state index contributed by atoms with van der Waals surface area (Å²) in [5, 5.41) is 6.23. The Morgan fingerprint density at radius 1 is 1.50 bits per heavy atom. The second-order valence-electron chi connectivity index (χ2n) is 3.45. The van der Waals surface area contributed by atoms with Gasteiger partial charge < -0.3 is 10.6 Å². The third-order valence-corrected chi connectivity index (χ3v) is 3.07. The Labute approximate surface area is 91.1 Å². The van der Waals surface area contributed by atoms with Crippen molar-refractivity contribution in [2.24, 2.45) is 4.99 Å². The molecule has 0 atom stereocenters. The lowest BCUT2D eigenvalue weighted by molar-refractivity contribution is 0.669. The predicted octanol–water partition coefficient (Wildman–Crippen LogP) is 0.926. The minimum absolute atomic E-state index is 0.202. The van der Waals surface area contributed by atoms with Crippen molar-refractivity contribution >= 4 is 17.7 Å². The summed E-state index contributed by atoms with van der Waals surface area (Å²) < 4.78 is 0.202. The van der Waals surface area contributed by atoms with Gasteiger partial charge in [0.2, 0.25) is 0 Å². The molecule has 0 aromatic rings. The van der Waals surface area contributed by atoms with Crippen molar-refractivity contribution in [3.63, 3.8) is 0 Å². The Hall–Kier alpha value is -0.820. The van der Waals surface area contributed by atoms with Gasteiger partial charge in [0.15, 0.2) is 5.96 Å². The van der Waals surface area contributed by atoms with E-state index >= 15 is 0 Å². The van der Waals surface area contributed by atoms with Crippen LogP contribution in [0.5, 0.6) is 0 Å². The molecule has 14 heavy (non-hydrogen) atoms. The van der Waals surface area contributed by atoms with Crippen LogP contribution in [-0.4, -0.2) is 37.1 Å². The number of rotatable bonds is 4. The van der Waals surface area contributed by atoms with Crippen molar-refractivity contribution < 1.29 is 0 Å². The van der Waals surface area contributed by atoms with Gasteiger partial charge >= 0.3 is 0 Å². The Bertz CT molecular complexity index is 228. The van der Waals surface area contributed by atoms with E-state index < -0.39 is 0 Å². The molecule has 4 heteroatoms. The van der Waals surface area contributed by atoms with Crippen LogP contribution in [0, 0.1) is 12.3 Å². The summed E-state index contributed by atoms with van der Waals surface area (Å²) in [5.41, 5.74) is 0. The molecule has 0 aromatic heterocycles. The second-order valence-corrected chi connectivity index (χ2v) is 4.96. The third-order valence-electron chi connectivity index (χ3n) is 1.82. The Morgan fingerprint density at radius 3 is 2.57 bits per heavy atom. The first kappa shape index (κ1) is 13.2. The van der Waals surface area contributed by atoms with Crippen molar-refractivity contribution in [2.75, 3.05) is 26.4 Å². The van der Waals surface area contributed by atoms with Crippen LogP contribution in [0.3, 0.4) is 0 Å². The van der Waals surface area contributed by atoms with Crippen LogP contribution in [0.4, 0.5) is 0 Å². The van der Waals surface area contributed by atoms with Crippen molar-refractivity contribution in [2.45, 2.75) is 18.6 Å². The normalized spacial score (nSPS) is 12.1. The highest BCUT2D eigenvalue weighted by Gasteiger charge is 2.15. The van der Waals surface area contributed by atoms with E-state index in [9.17, 15) is 0 Å². The van der Waals surface area contributed by atoms with Gasteiger partial charge in [0.05, 0.1) is 6.54 Å². The van der Waals surface area contributed by atoms with Gasteiger partial charge in [-0.15, -0.1) is 6.42 Å². The first-order chi connectivity index (χ1) is 6.55. The lowest BCUT2D eigenvalue weighted by Gasteiger charge is -2.23. The smallest absolute Gasteiger partial charge is 0.191 e. The molecule has 0 radical (unpaired) electrons. The van der Waals surface area contributed by atoms with E-state index in [0.717, 1.165) is 12.5 Å². The van der Waals surface area contributed by atoms with E-state index in [1.54, 1.807) is 7.05 Å². The molecule has 0 aliphatic rings. The van der Waals surface area contributed by atoms with E-state index in [4.69, 9.17) is 6.42 Å². The number of nitrogens with one attached hydrogen (secondary N) is 2. The Morgan fingerprint density at radius 2 is 2.14 bits per heavy atom. The van der Waals surface area contributed by atoms with Crippen LogP contribution in [0.25, 0.3) is 0 Å². The summed E-state index contributed by atoms with van der Waals surface area (Å²) in [6.07, 6.45) is 7.24. The van der Waals surface area contributed by atoms with Crippen molar-refractivity contribution in [1.29, 1.82) is 0 Å². The molecule has 0 aliphatic carbocycles. The summed E-state index contributed by atoms with van der Waals surface area (Å²) in [4.78, 5) is 4.05. The molecule has 0 fully saturated rings. The number of hydrogen-bond acceptors (Lipinski definition) is 2. The number of thioether (sulfide) groups is 1. The summed E-state index contributed by atoms with van der Waals surface area (Å²) in [7, 11) is 1.73. The highest BCUT2D eigenvalue weighted by Crippen LogP contribution is 2.19. The molecule has 0 spiro atoms. The van der Waals surface area contributed by atoms with Gasteiger partial charge in [0, 0.05) is 18.3 Å². The molecule has 0 bridgehead atoms. The molecule has 0 amide bonds. The molecule has 80 valence electrons. The molecule has 0 saturated carbocycles. The third kappa shape index (κ3) is 5.76. The molecule has 2 N–H and O–H groups in total. The lowest BCUT2D eigenvalue weighted by Crippen LogP contribution is -2.43. The van der Waals surface area contributed by atoms with E-state index in [2.05, 4.69) is 41.6 Å². The average molecular weight is 213 g/mol. The maximum atomic E-state index is 5.14. The van der Waals surface area contributed by atoms with Gasteiger partial charge in [-0.05, 0) is 20.1 Å². The molecule has 0 aromatic carbocycles. The zero-order valence-corrected chi connectivity index (χ0v) is 10.2. The first-order valence-corrected chi connectivity index (χ1v) is 5.71. The summed E-state index contributed by atoms with van der Waals surface area (Å²) in [6.45, 7) is 5.72. The van der Waals surface area contributed by atoms with E-state index in [0.29, 0.717) is 6.54 Å². The van der Waals surface area contributed by atoms with Crippen molar-refractivity contribution in [1.82, 2.24) is 10.6 Å². The molecule has 3 nitrogen and oxygen atoms in total. The average Bonchev–Trinajstić information content (AvgIpc) is 2.18. The van der Waals surface area contributed by atoms with Gasteiger partial charge in [0.1, 0.15) is 0 Å². The SMILES string of the molecule is C#CCNC(=NC)NCC(C)(C)SC. The molecule has 0 unspecified atom stereocenters. The topological polar surface area (TPSA) is 36.4 Å². The van der Waals surface area contributed by atoms with Gasteiger partial charge in [-0.25, -0.2) is 0 Å². The molecule has 0 saturated heterocycles. The van der Waals surface area contributed by atoms with Crippen LogP contribution in [-0.2, 0) is 0 Å². The minimum Gasteiger partial charge on any atom is -0.355 e. The highest BCUT2D eigenvalue weighted by molar-refractivity contribution is 7.99. The predicted molar refractivity (Wildman–Crippen MR) is 65.8 cm³/mol. The van der Waals surface area contributed by atoms with Gasteiger partial charge in [-0.1, -0.05) is 5.92 Å². The summed E-state index contributed by atoms with van der Waals surface area (Å²) in [5.74, 6) is 3.26. The molecular formula is C10H19N3S. The number of terminal acetylenes is 1. The summed E-state index contributed by atoms with van der Waals surface area (Å²) >= 11 is 1.82. The van der Waals surface area contributed by atoms with Gasteiger partial charge in [0.25, 0.3) is 0 Å². The first-order valence-electron chi connectivity index (χ1n) is 4.49. The van der Waals surface area contributed by atoms with E-state index in [1.807, 2.05) is 11.8 Å². The Kier molecular flexibility index (Phi) is 6.22. The van der Waals surface area contributed by atoms with Gasteiger partial charge in [-0.3, -0.25) is 4.99 Å². The van der Waals surface area contributed by atoms with E-state index in [-0.39, 0.29) is 4.75 Å². The van der Waals surface area contributed by atoms with Crippen LogP contribution < -0.4 is 10.6 Å². The number of guanidine groups is 1. The second kappa shape index (κ2) is 6.61. The maximum absolute atomic E-state index is 5.14. The monoisotopic (exact) mass is 213 g/mol. The fourth-order valence-corrected chi connectivity index (χ4v) is 0.941. The standard InChI is InChI=1S/C10H19N3S/c1-6-7-12-9(11-4)13-8-10(2,3)14-5/h1H,7-8H2,2-5H3,(H2,11,12,13). The van der Waals surface area contributed by atoms with Crippen molar-refractivity contribution in [3.8, 4) is 12.3 Å². The maximum Gasteiger partial charge on any atom is 0.191 e. The fourth-order valence-electron chi connectivity index (χ4n) is 0.724. The summed E-state index contributed by atoms with van der Waals surface area (Å²) in [6, 6.07) is 0. The lowest BCUT2D eigenvalue weighted by atomic mass is 10.2. The fraction of sp³-hybridized carbons (Fsp3) is 0.700. The minimum atomic E-state index is 0.202. The quantitative estimate of drug-likeness (QED) is 0.414. The number of nitrogens with zero attached hydrogens (tertiary/aromatic N) is 1. The van der Waals surface area contributed by atoms with Crippen LogP contribution >= 0.6 is 11.8 Å². The van der Waals surface area contributed by atoms with Gasteiger partial charge in [-0.2, -0.15) is 11.8 Å². The van der Waals surface area contributed by atoms with E-state index in [1.165, 1.54) is 0 Å². The van der Waals surface area contributed by atoms with Crippen molar-refractivity contribution in [3.05, 3.63) is 0 Å². The largest absolute Gasteiger partial charge is 0.355 e. The zero-order valence-electron chi connectivity index (χ0n) is 9.35. The highest BCUT2D eigenvalue weighted by atomic mass is 32.2. The molecule has 0 aliphatic heterocycles. The van der Waals surface area contributed by atoms with Crippen LogP contribution in [0.1, 0.15) is 13.8 Å². The number of aliphatic imine (C=N–C) groups is 1. The van der Waals surface area contributed by atoms with Crippen LogP contribution in [0.15, 0.2) is 4.99 Å². The zero-order chi connectivity index (χ0) is 11.0. The molecule has 0 heterocycles. The molecule has 0 rings (SSSR count). The molecular weight excluding hydrogens is 194 g/mol. The Balaban J connectivity index is 3.92. The number of hydrogen-bond donors (Lipinski definition) is 2.